The van der Waals surface area contributed by atoms with Crippen LogP contribution in [0.1, 0.15) is 45.2 Å². The molecule has 1 unspecified atom stereocenters. The Morgan fingerprint density at radius 2 is 2.12 bits per heavy atom. The molecule has 1 aliphatic rings. The van der Waals surface area contributed by atoms with Crippen molar-refractivity contribution in [2.75, 3.05) is 0 Å². The predicted molar refractivity (Wildman–Crippen MR) is 67.4 cm³/mol. The summed E-state index contributed by atoms with van der Waals surface area (Å²) in [5, 5.41) is 0. The number of hydrogen-bond donors (Lipinski definition) is 2. The highest BCUT2D eigenvalue weighted by Crippen LogP contribution is 2.54. The second kappa shape index (κ2) is 4.63. The van der Waals surface area contributed by atoms with Crippen LogP contribution in [0.5, 0.6) is 5.75 Å². The normalized spacial score (nSPS) is 19.1. The van der Waals surface area contributed by atoms with E-state index in [2.05, 4.69) is 17.3 Å². The number of pyridine rings is 1. The Hall–Kier alpha value is -1.13. The molecule has 4 heteroatoms. The van der Waals surface area contributed by atoms with Crippen LogP contribution in [0, 0.1) is 5.41 Å². The summed E-state index contributed by atoms with van der Waals surface area (Å²) in [7, 11) is 0. The Morgan fingerprint density at radius 1 is 1.41 bits per heavy atom. The number of nitrogens with one attached hydrogen (secondary N) is 1. The maximum atomic E-state index is 5.66. The molecule has 0 bridgehead atoms. The molecule has 1 heterocycles. The Morgan fingerprint density at radius 3 is 2.65 bits per heavy atom. The van der Waals surface area contributed by atoms with Gasteiger partial charge < -0.3 is 4.74 Å². The van der Waals surface area contributed by atoms with Crippen molar-refractivity contribution < 1.29 is 4.74 Å². The van der Waals surface area contributed by atoms with Gasteiger partial charge in [-0.1, -0.05) is 6.92 Å². The molecule has 94 valence electrons. The van der Waals surface area contributed by atoms with E-state index in [1.165, 1.54) is 12.8 Å². The average Bonchev–Trinajstić information content (AvgIpc) is 2.97. The fourth-order valence-electron chi connectivity index (χ4n) is 2.12. The number of hydrazine groups is 1. The molecule has 1 atom stereocenters. The van der Waals surface area contributed by atoms with Crippen LogP contribution in [0.2, 0.25) is 0 Å². The summed E-state index contributed by atoms with van der Waals surface area (Å²) < 4.78 is 5.65. The number of nitrogens with two attached hydrogens (primary N) is 1. The van der Waals surface area contributed by atoms with E-state index in [1.54, 1.807) is 6.20 Å². The number of aromatic nitrogens is 1. The van der Waals surface area contributed by atoms with E-state index in [1.807, 2.05) is 26.1 Å². The Labute approximate surface area is 103 Å². The highest BCUT2D eigenvalue weighted by atomic mass is 16.5. The lowest BCUT2D eigenvalue weighted by atomic mass is 9.93. The average molecular weight is 235 g/mol. The molecule has 17 heavy (non-hydrogen) atoms. The molecule has 0 amide bonds. The van der Waals surface area contributed by atoms with Gasteiger partial charge in [0.15, 0.2) is 0 Å². The number of rotatable bonds is 5. The van der Waals surface area contributed by atoms with Gasteiger partial charge in [0.25, 0.3) is 0 Å². The Balaban J connectivity index is 2.19. The Bertz CT molecular complexity index is 388. The highest BCUT2D eigenvalue weighted by Gasteiger charge is 2.45. The summed E-state index contributed by atoms with van der Waals surface area (Å²) >= 11 is 0. The van der Waals surface area contributed by atoms with Gasteiger partial charge in [-0.15, -0.1) is 0 Å². The Kier molecular flexibility index (Phi) is 3.35. The standard InChI is InChI=1S/C13H21N3O/c1-9(2)17-11-6-10(7-15-8-11)12(16-14)13(3)4-5-13/h6-9,12,16H,4-5,14H2,1-3H3. The molecule has 1 fully saturated rings. The van der Waals surface area contributed by atoms with Crippen molar-refractivity contribution >= 4 is 0 Å². The first-order valence-corrected chi connectivity index (χ1v) is 6.13. The van der Waals surface area contributed by atoms with Crippen LogP contribution in [-0.2, 0) is 0 Å². The van der Waals surface area contributed by atoms with E-state index in [9.17, 15) is 0 Å². The van der Waals surface area contributed by atoms with Crippen molar-refractivity contribution in [3.8, 4) is 5.75 Å². The van der Waals surface area contributed by atoms with E-state index in [-0.39, 0.29) is 17.6 Å². The third-order valence-electron chi connectivity index (χ3n) is 3.34. The second-order valence-electron chi connectivity index (χ2n) is 5.37. The van der Waals surface area contributed by atoms with Gasteiger partial charge in [0.2, 0.25) is 0 Å². The lowest BCUT2D eigenvalue weighted by Crippen LogP contribution is -2.33. The highest BCUT2D eigenvalue weighted by molar-refractivity contribution is 5.28. The zero-order valence-electron chi connectivity index (χ0n) is 10.7. The minimum absolute atomic E-state index is 0.158. The lowest BCUT2D eigenvalue weighted by Gasteiger charge is -2.23. The summed E-state index contributed by atoms with van der Waals surface area (Å²) in [6.07, 6.45) is 6.18. The fraction of sp³-hybridized carbons (Fsp3) is 0.615. The molecule has 1 aromatic rings. The van der Waals surface area contributed by atoms with E-state index in [0.29, 0.717) is 0 Å². The van der Waals surface area contributed by atoms with Crippen molar-refractivity contribution in [3.63, 3.8) is 0 Å². The summed E-state index contributed by atoms with van der Waals surface area (Å²) in [4.78, 5) is 4.23. The van der Waals surface area contributed by atoms with Crippen LogP contribution in [0.15, 0.2) is 18.5 Å². The van der Waals surface area contributed by atoms with Gasteiger partial charge in [0.05, 0.1) is 18.3 Å². The van der Waals surface area contributed by atoms with Gasteiger partial charge >= 0.3 is 0 Å². The quantitative estimate of drug-likeness (QED) is 0.606. The molecule has 0 spiro atoms. The number of ether oxygens (including phenoxy) is 1. The summed E-state index contributed by atoms with van der Waals surface area (Å²) in [5.41, 5.74) is 4.28. The molecule has 4 nitrogen and oxygen atoms in total. The third kappa shape index (κ3) is 2.76. The fourth-order valence-corrected chi connectivity index (χ4v) is 2.12. The molecule has 1 aromatic heterocycles. The maximum absolute atomic E-state index is 5.66. The minimum atomic E-state index is 0.158. The molecule has 1 aliphatic carbocycles. The lowest BCUT2D eigenvalue weighted by molar-refractivity contribution is 0.240. The van der Waals surface area contributed by atoms with Crippen molar-refractivity contribution in [1.82, 2.24) is 10.4 Å². The minimum Gasteiger partial charge on any atom is -0.489 e. The summed E-state index contributed by atoms with van der Waals surface area (Å²) in [5.74, 6) is 6.47. The molecule has 2 rings (SSSR count). The predicted octanol–water partition coefficient (Wildman–Crippen LogP) is 2.17. The maximum Gasteiger partial charge on any atom is 0.138 e. The summed E-state index contributed by atoms with van der Waals surface area (Å²) in [6.45, 7) is 6.26. The van der Waals surface area contributed by atoms with Gasteiger partial charge in [0.1, 0.15) is 5.75 Å². The smallest absolute Gasteiger partial charge is 0.138 e. The molecule has 0 saturated heterocycles. The van der Waals surface area contributed by atoms with E-state index in [0.717, 1.165) is 11.3 Å². The first kappa shape index (κ1) is 12.3. The first-order valence-electron chi connectivity index (χ1n) is 6.13. The first-order chi connectivity index (χ1) is 8.05. The van der Waals surface area contributed by atoms with Crippen LogP contribution in [-0.4, -0.2) is 11.1 Å². The largest absolute Gasteiger partial charge is 0.489 e. The molecular weight excluding hydrogens is 214 g/mol. The molecule has 0 aliphatic heterocycles. The number of hydrogen-bond acceptors (Lipinski definition) is 4. The van der Waals surface area contributed by atoms with Crippen LogP contribution >= 0.6 is 0 Å². The van der Waals surface area contributed by atoms with Crippen molar-refractivity contribution in [2.45, 2.75) is 45.8 Å². The van der Waals surface area contributed by atoms with Crippen molar-refractivity contribution in [3.05, 3.63) is 24.0 Å². The number of nitrogens with zero attached hydrogens (tertiary/aromatic N) is 1. The second-order valence-corrected chi connectivity index (χ2v) is 5.37. The van der Waals surface area contributed by atoms with Crippen molar-refractivity contribution in [2.24, 2.45) is 11.3 Å². The molecule has 3 N–H and O–H groups in total. The van der Waals surface area contributed by atoms with Crippen LogP contribution < -0.4 is 16.0 Å². The topological polar surface area (TPSA) is 60.2 Å². The molecule has 1 saturated carbocycles. The van der Waals surface area contributed by atoms with E-state index in [4.69, 9.17) is 10.6 Å². The van der Waals surface area contributed by atoms with Crippen LogP contribution in [0.4, 0.5) is 0 Å². The van der Waals surface area contributed by atoms with Gasteiger partial charge in [-0.2, -0.15) is 0 Å². The molecule has 0 radical (unpaired) electrons. The van der Waals surface area contributed by atoms with Gasteiger partial charge in [-0.25, -0.2) is 0 Å². The summed E-state index contributed by atoms with van der Waals surface area (Å²) in [6, 6.07) is 2.19. The van der Waals surface area contributed by atoms with Gasteiger partial charge in [-0.05, 0) is 43.7 Å². The van der Waals surface area contributed by atoms with E-state index >= 15 is 0 Å². The molecular formula is C13H21N3O. The monoisotopic (exact) mass is 235 g/mol. The van der Waals surface area contributed by atoms with Crippen LogP contribution in [0.3, 0.4) is 0 Å². The van der Waals surface area contributed by atoms with Gasteiger partial charge in [0, 0.05) is 6.20 Å². The third-order valence-corrected chi connectivity index (χ3v) is 3.34. The molecule has 0 aromatic carbocycles. The van der Waals surface area contributed by atoms with Crippen LogP contribution in [0.25, 0.3) is 0 Å². The van der Waals surface area contributed by atoms with Crippen molar-refractivity contribution in [1.29, 1.82) is 0 Å². The zero-order chi connectivity index (χ0) is 12.5. The zero-order valence-corrected chi connectivity index (χ0v) is 10.7. The van der Waals surface area contributed by atoms with E-state index < -0.39 is 0 Å². The SMILES string of the molecule is CC(C)Oc1cncc(C(NN)C2(C)CC2)c1. The van der Waals surface area contributed by atoms with Gasteiger partial charge in [-0.3, -0.25) is 16.3 Å².